The van der Waals surface area contributed by atoms with Crippen LogP contribution in [-0.2, 0) is 6.54 Å². The number of hydrogen-bond acceptors (Lipinski definition) is 3. The minimum atomic E-state index is -0.00944. The Morgan fingerprint density at radius 1 is 1.23 bits per heavy atom. The van der Waals surface area contributed by atoms with Gasteiger partial charge in [0.15, 0.2) is 0 Å². The highest BCUT2D eigenvalue weighted by atomic mass is 16.3. The molecule has 0 aliphatic heterocycles. The summed E-state index contributed by atoms with van der Waals surface area (Å²) in [6.07, 6.45) is 3.74. The van der Waals surface area contributed by atoms with E-state index in [1.807, 2.05) is 61.8 Å². The minimum absolute atomic E-state index is 0.00944. The first-order valence-corrected chi connectivity index (χ1v) is 7.37. The number of aryl methyl sites for hydroxylation is 2. The van der Waals surface area contributed by atoms with E-state index in [0.717, 1.165) is 22.9 Å². The average Bonchev–Trinajstić information content (AvgIpc) is 3.07. The first-order chi connectivity index (χ1) is 10.6. The van der Waals surface area contributed by atoms with E-state index in [1.165, 1.54) is 0 Å². The lowest BCUT2D eigenvalue weighted by Crippen LogP contribution is -2.30. The van der Waals surface area contributed by atoms with Crippen LogP contribution in [0.5, 0.6) is 0 Å². The van der Waals surface area contributed by atoms with Gasteiger partial charge in [0.25, 0.3) is 5.91 Å². The number of amides is 1. The molecule has 3 aromatic heterocycles. The molecule has 0 aromatic carbocycles. The maximum Gasteiger partial charge on any atom is 0.255 e. The molecule has 3 aromatic rings. The van der Waals surface area contributed by atoms with Crippen LogP contribution in [0.4, 0.5) is 0 Å². The van der Waals surface area contributed by atoms with E-state index in [4.69, 9.17) is 4.42 Å². The third kappa shape index (κ3) is 2.74. The van der Waals surface area contributed by atoms with Gasteiger partial charge in [-0.3, -0.25) is 4.79 Å². The van der Waals surface area contributed by atoms with Crippen molar-refractivity contribution in [3.05, 3.63) is 59.4 Å². The molecular formula is C17H19N3O2. The zero-order chi connectivity index (χ0) is 15.7. The predicted molar refractivity (Wildman–Crippen MR) is 83.8 cm³/mol. The van der Waals surface area contributed by atoms with Gasteiger partial charge in [-0.15, -0.1) is 0 Å². The fraction of sp³-hybridized carbons (Fsp3) is 0.294. The average molecular weight is 297 g/mol. The highest BCUT2D eigenvalue weighted by Gasteiger charge is 2.16. The Balaban J connectivity index is 1.85. The quantitative estimate of drug-likeness (QED) is 0.743. The highest BCUT2D eigenvalue weighted by molar-refractivity contribution is 5.94. The smallest absolute Gasteiger partial charge is 0.255 e. The second kappa shape index (κ2) is 5.67. The SMILES string of the molecule is CCN(Cc1ccc(C)o1)C(=O)c1ccc2nc(C)cn2c1. The van der Waals surface area contributed by atoms with Crippen molar-refractivity contribution in [2.45, 2.75) is 27.3 Å². The molecule has 22 heavy (non-hydrogen) atoms. The predicted octanol–water partition coefficient (Wildman–Crippen LogP) is 3.21. The van der Waals surface area contributed by atoms with Gasteiger partial charge >= 0.3 is 0 Å². The van der Waals surface area contributed by atoms with Gasteiger partial charge in [-0.05, 0) is 45.0 Å². The molecule has 3 rings (SSSR count). The number of carbonyl (C=O) groups is 1. The Labute approximate surface area is 129 Å². The van der Waals surface area contributed by atoms with Crippen LogP contribution in [0.2, 0.25) is 0 Å². The number of hydrogen-bond donors (Lipinski definition) is 0. The maximum atomic E-state index is 12.7. The van der Waals surface area contributed by atoms with Crippen LogP contribution in [0.1, 0.15) is 34.5 Å². The molecule has 0 N–H and O–H groups in total. The summed E-state index contributed by atoms with van der Waals surface area (Å²) in [5.41, 5.74) is 2.43. The number of pyridine rings is 1. The van der Waals surface area contributed by atoms with Crippen LogP contribution in [0, 0.1) is 13.8 Å². The summed E-state index contributed by atoms with van der Waals surface area (Å²) in [5, 5.41) is 0. The van der Waals surface area contributed by atoms with Crippen molar-refractivity contribution >= 4 is 11.6 Å². The van der Waals surface area contributed by atoms with E-state index >= 15 is 0 Å². The number of fused-ring (bicyclic) bond motifs is 1. The molecular weight excluding hydrogens is 278 g/mol. The van der Waals surface area contributed by atoms with Crippen LogP contribution in [0.15, 0.2) is 41.1 Å². The summed E-state index contributed by atoms with van der Waals surface area (Å²) in [6, 6.07) is 7.51. The summed E-state index contributed by atoms with van der Waals surface area (Å²) in [5.74, 6) is 1.64. The Bertz CT molecular complexity index is 816. The summed E-state index contributed by atoms with van der Waals surface area (Å²) in [6.45, 7) is 6.90. The lowest BCUT2D eigenvalue weighted by molar-refractivity contribution is 0.0740. The number of rotatable bonds is 4. The summed E-state index contributed by atoms with van der Waals surface area (Å²) < 4.78 is 7.45. The molecule has 0 fully saturated rings. The minimum Gasteiger partial charge on any atom is -0.464 e. The molecule has 0 spiro atoms. The first-order valence-electron chi connectivity index (χ1n) is 7.37. The number of imidazole rings is 1. The van der Waals surface area contributed by atoms with Gasteiger partial charge in [0.1, 0.15) is 17.2 Å². The van der Waals surface area contributed by atoms with E-state index < -0.39 is 0 Å². The fourth-order valence-electron chi connectivity index (χ4n) is 2.51. The Hall–Kier alpha value is -2.56. The molecule has 0 atom stereocenters. The molecule has 5 nitrogen and oxygen atoms in total. The van der Waals surface area contributed by atoms with Crippen molar-refractivity contribution in [1.82, 2.24) is 14.3 Å². The molecule has 0 unspecified atom stereocenters. The molecule has 0 aliphatic carbocycles. The van der Waals surface area contributed by atoms with E-state index in [1.54, 1.807) is 4.90 Å². The Morgan fingerprint density at radius 2 is 2.05 bits per heavy atom. The molecule has 3 heterocycles. The van der Waals surface area contributed by atoms with Gasteiger partial charge in [-0.1, -0.05) is 0 Å². The van der Waals surface area contributed by atoms with Crippen LogP contribution in [0.3, 0.4) is 0 Å². The number of aromatic nitrogens is 2. The zero-order valence-electron chi connectivity index (χ0n) is 13.0. The number of carbonyl (C=O) groups excluding carboxylic acids is 1. The summed E-state index contributed by atoms with van der Waals surface area (Å²) in [4.78, 5) is 18.8. The normalized spacial score (nSPS) is 11.0. The van der Waals surface area contributed by atoms with Crippen molar-refractivity contribution in [2.24, 2.45) is 0 Å². The Kier molecular flexibility index (Phi) is 3.71. The summed E-state index contributed by atoms with van der Waals surface area (Å²) >= 11 is 0. The molecule has 0 aliphatic rings. The molecule has 1 amide bonds. The van der Waals surface area contributed by atoms with Crippen LogP contribution >= 0.6 is 0 Å². The molecule has 0 bridgehead atoms. The lowest BCUT2D eigenvalue weighted by atomic mass is 10.2. The molecule has 0 radical (unpaired) electrons. The van der Waals surface area contributed by atoms with Crippen molar-refractivity contribution in [3.63, 3.8) is 0 Å². The third-order valence-corrected chi connectivity index (χ3v) is 3.63. The summed E-state index contributed by atoms with van der Waals surface area (Å²) in [7, 11) is 0. The van der Waals surface area contributed by atoms with Crippen molar-refractivity contribution in [2.75, 3.05) is 6.54 Å². The van der Waals surface area contributed by atoms with Gasteiger partial charge in [-0.25, -0.2) is 4.98 Å². The van der Waals surface area contributed by atoms with Gasteiger partial charge in [0, 0.05) is 18.9 Å². The van der Waals surface area contributed by atoms with Gasteiger partial charge < -0.3 is 13.7 Å². The maximum absolute atomic E-state index is 12.7. The van der Waals surface area contributed by atoms with Gasteiger partial charge in [0.2, 0.25) is 0 Å². The van der Waals surface area contributed by atoms with Gasteiger partial charge in [0.05, 0.1) is 17.8 Å². The van der Waals surface area contributed by atoms with Crippen molar-refractivity contribution in [1.29, 1.82) is 0 Å². The number of nitrogens with zero attached hydrogens (tertiary/aromatic N) is 3. The second-order valence-electron chi connectivity index (χ2n) is 5.40. The van der Waals surface area contributed by atoms with E-state index in [0.29, 0.717) is 18.7 Å². The lowest BCUT2D eigenvalue weighted by Gasteiger charge is -2.19. The first kappa shape index (κ1) is 14.4. The largest absolute Gasteiger partial charge is 0.464 e. The van der Waals surface area contributed by atoms with Crippen molar-refractivity contribution in [3.8, 4) is 0 Å². The Morgan fingerprint density at radius 3 is 2.73 bits per heavy atom. The van der Waals surface area contributed by atoms with Crippen molar-refractivity contribution < 1.29 is 9.21 Å². The van der Waals surface area contributed by atoms with Crippen LogP contribution in [0.25, 0.3) is 5.65 Å². The molecule has 5 heteroatoms. The molecule has 0 saturated carbocycles. The molecule has 0 saturated heterocycles. The van der Waals surface area contributed by atoms with Gasteiger partial charge in [-0.2, -0.15) is 0 Å². The van der Waals surface area contributed by atoms with E-state index in [-0.39, 0.29) is 5.91 Å². The fourth-order valence-corrected chi connectivity index (χ4v) is 2.51. The third-order valence-electron chi connectivity index (χ3n) is 3.63. The number of furan rings is 1. The van der Waals surface area contributed by atoms with E-state index in [2.05, 4.69) is 4.98 Å². The highest BCUT2D eigenvalue weighted by Crippen LogP contribution is 2.14. The van der Waals surface area contributed by atoms with E-state index in [9.17, 15) is 4.79 Å². The second-order valence-corrected chi connectivity index (χ2v) is 5.40. The van der Waals surface area contributed by atoms with Crippen LogP contribution < -0.4 is 0 Å². The standard InChI is InChI=1S/C17H19N3O2/c1-4-19(11-15-7-5-13(3)22-15)17(21)14-6-8-16-18-12(2)9-20(16)10-14/h5-10H,4,11H2,1-3H3. The molecule has 114 valence electrons. The monoisotopic (exact) mass is 297 g/mol. The van der Waals surface area contributed by atoms with Crippen LogP contribution in [-0.4, -0.2) is 26.7 Å². The topological polar surface area (TPSA) is 50.8 Å². The zero-order valence-corrected chi connectivity index (χ0v) is 13.0.